The molecule has 2 aliphatic rings. The first-order valence-electron chi connectivity index (χ1n) is 11.0. The third kappa shape index (κ3) is 4.36. The van der Waals surface area contributed by atoms with Crippen molar-refractivity contribution in [2.45, 2.75) is 58.5 Å². The van der Waals surface area contributed by atoms with Crippen LogP contribution in [0.2, 0.25) is 0 Å². The van der Waals surface area contributed by atoms with Crippen LogP contribution in [0.5, 0.6) is 5.88 Å². The molecular formula is C22H27F2N5O4. The number of hydrogen-bond donors (Lipinski definition) is 2. The topological polar surface area (TPSA) is 109 Å². The Hall–Kier alpha value is -3.24. The van der Waals surface area contributed by atoms with Crippen molar-refractivity contribution in [1.82, 2.24) is 24.4 Å². The van der Waals surface area contributed by atoms with Gasteiger partial charge in [-0.15, -0.1) is 0 Å². The Morgan fingerprint density at radius 1 is 1.24 bits per heavy atom. The quantitative estimate of drug-likeness (QED) is 0.633. The highest BCUT2D eigenvalue weighted by Crippen LogP contribution is 2.25. The molecule has 2 N–H and O–H groups in total. The zero-order valence-electron chi connectivity index (χ0n) is 18.7. The molecule has 3 heterocycles. The third-order valence-electron chi connectivity index (χ3n) is 5.79. The number of hydrogen-bond acceptors (Lipinski definition) is 5. The lowest BCUT2D eigenvalue weighted by atomic mass is 10.1. The van der Waals surface area contributed by atoms with Crippen molar-refractivity contribution in [3.63, 3.8) is 0 Å². The Balaban J connectivity index is 1.79. The average molecular weight is 463 g/mol. The molecule has 9 nitrogen and oxygen atoms in total. The smallest absolute Gasteiger partial charge is 0.270 e. The normalized spacial score (nSPS) is 21.0. The van der Waals surface area contributed by atoms with Crippen molar-refractivity contribution >= 4 is 23.5 Å². The second-order valence-electron chi connectivity index (χ2n) is 9.10. The highest BCUT2D eigenvalue weighted by Gasteiger charge is 2.35. The van der Waals surface area contributed by atoms with E-state index in [1.54, 1.807) is 6.92 Å². The molecule has 2 aromatic heterocycles. The summed E-state index contributed by atoms with van der Waals surface area (Å²) in [6, 6.07) is -0.00664. The molecule has 2 atom stereocenters. The first-order valence-corrected chi connectivity index (χ1v) is 11.0. The molecule has 2 fully saturated rings. The van der Waals surface area contributed by atoms with Crippen LogP contribution in [0, 0.1) is 12.8 Å². The number of fused-ring (bicyclic) bond motifs is 1. The first kappa shape index (κ1) is 22.9. The highest BCUT2D eigenvalue weighted by atomic mass is 19.2. The number of halogens is 2. The van der Waals surface area contributed by atoms with Crippen LogP contribution in [0.15, 0.2) is 10.9 Å². The average Bonchev–Trinajstić information content (AvgIpc) is 3.40. The van der Waals surface area contributed by atoms with Crippen LogP contribution in [0.25, 0.3) is 11.7 Å². The van der Waals surface area contributed by atoms with Crippen LogP contribution in [0.1, 0.15) is 48.3 Å². The fourth-order valence-electron chi connectivity index (χ4n) is 3.95. The molecule has 178 valence electrons. The predicted octanol–water partition coefficient (Wildman–Crippen LogP) is 1.59. The molecule has 0 aromatic carbocycles. The van der Waals surface area contributed by atoms with Gasteiger partial charge in [-0.2, -0.15) is 9.61 Å². The number of amides is 2. The van der Waals surface area contributed by atoms with Crippen LogP contribution >= 0.6 is 0 Å². The van der Waals surface area contributed by atoms with Crippen molar-refractivity contribution < 1.29 is 23.5 Å². The molecule has 2 aromatic rings. The van der Waals surface area contributed by atoms with Gasteiger partial charge in [-0.25, -0.2) is 8.78 Å². The number of alkyl halides is 2. The summed E-state index contributed by atoms with van der Waals surface area (Å²) < 4.78 is 29.4. The van der Waals surface area contributed by atoms with E-state index in [0.29, 0.717) is 11.3 Å². The first-order chi connectivity index (χ1) is 15.6. The summed E-state index contributed by atoms with van der Waals surface area (Å²) >= 11 is 0. The van der Waals surface area contributed by atoms with Gasteiger partial charge in [0.1, 0.15) is 5.65 Å². The molecule has 1 aliphatic carbocycles. The minimum Gasteiger partial charge on any atom is -0.492 e. The lowest BCUT2D eigenvalue weighted by molar-refractivity contribution is -0.125. The Morgan fingerprint density at radius 3 is 2.45 bits per heavy atom. The number of aromatic hydroxyl groups is 1. The second kappa shape index (κ2) is 8.60. The minimum absolute atomic E-state index is 0.00664. The van der Waals surface area contributed by atoms with Crippen molar-refractivity contribution in [3.8, 4) is 5.88 Å². The van der Waals surface area contributed by atoms with Gasteiger partial charge in [0.25, 0.3) is 11.5 Å². The van der Waals surface area contributed by atoms with Crippen molar-refractivity contribution in [1.29, 1.82) is 0 Å². The molecular weight excluding hydrogens is 436 g/mol. The summed E-state index contributed by atoms with van der Waals surface area (Å²) in [6.07, 6.45) is 0.802. The second-order valence-corrected chi connectivity index (χ2v) is 9.10. The molecule has 2 amide bonds. The minimum atomic E-state index is -1.71. The number of likely N-dealkylation sites (tertiary alicyclic amines) is 1. The van der Waals surface area contributed by atoms with Gasteiger partial charge < -0.3 is 15.3 Å². The summed E-state index contributed by atoms with van der Waals surface area (Å²) in [5, 5.41) is 17.8. The summed E-state index contributed by atoms with van der Waals surface area (Å²) in [7, 11) is 0. The van der Waals surface area contributed by atoms with Gasteiger partial charge in [-0.3, -0.25) is 19.0 Å². The lowest BCUT2D eigenvalue weighted by Crippen LogP contribution is -2.36. The molecule has 0 bridgehead atoms. The summed E-state index contributed by atoms with van der Waals surface area (Å²) in [5.41, 5.74) is -0.0293. The number of carbonyl (C=O) groups is 2. The molecule has 1 saturated heterocycles. The van der Waals surface area contributed by atoms with Gasteiger partial charge in [-0.05, 0) is 31.8 Å². The van der Waals surface area contributed by atoms with Crippen LogP contribution in [-0.4, -0.2) is 67.5 Å². The molecule has 2 unspecified atom stereocenters. The summed E-state index contributed by atoms with van der Waals surface area (Å²) in [6.45, 7) is 5.03. The van der Waals surface area contributed by atoms with Crippen LogP contribution in [0.4, 0.5) is 8.78 Å². The standard InChI is InChI=1S/C22H27F2N5O4/c1-11(2)8-28-20-14(6-7-17(30)27-9-15(23)16(24)10-27)12(3)26-29(20)22(33)18(21(28)32)19(31)25-13-4-5-13/h6-7,11,13,15-16,33H,4-5,8-10H2,1-3H3,(H,25,31)/b7-6+. The lowest BCUT2D eigenvalue weighted by Gasteiger charge is -2.15. The van der Waals surface area contributed by atoms with Gasteiger partial charge >= 0.3 is 0 Å². The predicted molar refractivity (Wildman–Crippen MR) is 117 cm³/mol. The molecule has 0 spiro atoms. The highest BCUT2D eigenvalue weighted by molar-refractivity contribution is 5.97. The number of nitrogens with one attached hydrogen (secondary N) is 1. The molecule has 4 rings (SSSR count). The van der Waals surface area contributed by atoms with E-state index >= 15 is 0 Å². The number of rotatable bonds is 6. The Kier molecular flexibility index (Phi) is 5.98. The maximum absolute atomic E-state index is 13.5. The fourth-order valence-corrected chi connectivity index (χ4v) is 3.95. The van der Waals surface area contributed by atoms with E-state index < -0.39 is 35.6 Å². The van der Waals surface area contributed by atoms with E-state index in [1.165, 1.54) is 16.7 Å². The van der Waals surface area contributed by atoms with E-state index in [0.717, 1.165) is 22.3 Å². The maximum Gasteiger partial charge on any atom is 0.270 e. The SMILES string of the molecule is Cc1nn2c(O)c(C(=O)NC3CC3)c(=O)n(CC(C)C)c2c1/C=C/C(=O)N1CC(F)C(F)C1. The van der Waals surface area contributed by atoms with E-state index in [2.05, 4.69) is 10.4 Å². The number of carbonyl (C=O) groups excluding carboxylic acids is 2. The third-order valence-corrected chi connectivity index (χ3v) is 5.79. The molecule has 33 heavy (non-hydrogen) atoms. The largest absolute Gasteiger partial charge is 0.492 e. The van der Waals surface area contributed by atoms with Crippen LogP contribution in [-0.2, 0) is 11.3 Å². The van der Waals surface area contributed by atoms with Crippen LogP contribution < -0.4 is 10.9 Å². The van der Waals surface area contributed by atoms with Gasteiger partial charge in [0.2, 0.25) is 11.8 Å². The van der Waals surface area contributed by atoms with Crippen molar-refractivity contribution in [2.24, 2.45) is 5.92 Å². The Bertz CT molecular complexity index is 1190. The Labute approximate surface area is 188 Å². The van der Waals surface area contributed by atoms with Gasteiger partial charge in [0.15, 0.2) is 17.9 Å². The molecule has 0 radical (unpaired) electrons. The van der Waals surface area contributed by atoms with E-state index in [-0.39, 0.29) is 42.8 Å². The van der Waals surface area contributed by atoms with Crippen molar-refractivity contribution in [3.05, 3.63) is 33.3 Å². The number of aryl methyl sites for hydroxylation is 1. The van der Waals surface area contributed by atoms with E-state index in [4.69, 9.17) is 0 Å². The van der Waals surface area contributed by atoms with Gasteiger partial charge in [0, 0.05) is 24.2 Å². The Morgan fingerprint density at radius 2 is 1.88 bits per heavy atom. The van der Waals surface area contributed by atoms with Gasteiger partial charge in [-0.1, -0.05) is 13.8 Å². The summed E-state index contributed by atoms with van der Waals surface area (Å²) in [4.78, 5) is 39.5. The zero-order valence-corrected chi connectivity index (χ0v) is 18.7. The van der Waals surface area contributed by atoms with E-state index in [1.807, 2.05) is 13.8 Å². The zero-order chi connectivity index (χ0) is 24.0. The number of aromatic nitrogens is 3. The van der Waals surface area contributed by atoms with Crippen molar-refractivity contribution in [2.75, 3.05) is 13.1 Å². The molecule has 11 heteroatoms. The molecule has 1 aliphatic heterocycles. The van der Waals surface area contributed by atoms with E-state index in [9.17, 15) is 28.3 Å². The monoisotopic (exact) mass is 463 g/mol. The fraction of sp³-hybridized carbons (Fsp3) is 0.545. The number of nitrogens with zero attached hydrogens (tertiary/aromatic N) is 4. The van der Waals surface area contributed by atoms with Gasteiger partial charge in [0.05, 0.1) is 18.8 Å². The maximum atomic E-state index is 13.5. The summed E-state index contributed by atoms with van der Waals surface area (Å²) in [5.74, 6) is -1.78. The molecule has 1 saturated carbocycles. The van der Waals surface area contributed by atoms with Crippen LogP contribution in [0.3, 0.4) is 0 Å².